The Kier molecular flexibility index (Phi) is 6.06. The molecule has 5 rings (SSSR count). The minimum atomic E-state index is -0.255. The molecule has 0 atom stereocenters. The van der Waals surface area contributed by atoms with Crippen molar-refractivity contribution in [3.63, 3.8) is 0 Å². The first-order chi connectivity index (χ1) is 17.0. The van der Waals surface area contributed by atoms with Gasteiger partial charge in [0, 0.05) is 29.2 Å². The van der Waals surface area contributed by atoms with Gasteiger partial charge in [0.25, 0.3) is 5.91 Å². The Hall–Kier alpha value is -4.39. The van der Waals surface area contributed by atoms with Gasteiger partial charge in [0.05, 0.1) is 11.3 Å². The molecule has 0 saturated heterocycles. The minimum absolute atomic E-state index is 0.212. The zero-order chi connectivity index (χ0) is 24.4. The molecule has 1 aromatic heterocycles. The van der Waals surface area contributed by atoms with Gasteiger partial charge < -0.3 is 16.0 Å². The molecule has 1 saturated carbocycles. The molecule has 0 radical (unpaired) electrons. The zero-order valence-electron chi connectivity index (χ0n) is 19.7. The molecule has 3 N–H and O–H groups in total. The van der Waals surface area contributed by atoms with E-state index < -0.39 is 0 Å². The average Bonchev–Trinajstić information content (AvgIpc) is 3.55. The van der Waals surface area contributed by atoms with Crippen LogP contribution < -0.4 is 16.0 Å². The Bertz CT molecular complexity index is 1370. The molecule has 1 fully saturated rings. The molecule has 1 aliphatic rings. The van der Waals surface area contributed by atoms with E-state index in [-0.39, 0.29) is 18.0 Å². The third-order valence-electron chi connectivity index (χ3n) is 5.93. The fraction of sp³-hybridized carbons (Fsp3) is 0.179. The highest BCUT2D eigenvalue weighted by molar-refractivity contribution is 6.08. The van der Waals surface area contributed by atoms with E-state index in [4.69, 9.17) is 5.10 Å². The summed E-state index contributed by atoms with van der Waals surface area (Å²) >= 11 is 0. The fourth-order valence-corrected chi connectivity index (χ4v) is 3.95. The summed E-state index contributed by atoms with van der Waals surface area (Å²) in [7, 11) is 0. The van der Waals surface area contributed by atoms with E-state index in [0.717, 1.165) is 35.2 Å². The summed E-state index contributed by atoms with van der Waals surface area (Å²) in [6.45, 7) is 4.07. The molecule has 7 nitrogen and oxygen atoms in total. The molecular weight excluding hydrogens is 438 g/mol. The molecule has 0 bridgehead atoms. The Labute approximate surface area is 204 Å². The summed E-state index contributed by atoms with van der Waals surface area (Å²) in [5.41, 5.74) is 6.38. The quantitative estimate of drug-likeness (QED) is 0.342. The molecule has 35 heavy (non-hydrogen) atoms. The third kappa shape index (κ3) is 5.24. The maximum absolute atomic E-state index is 13.4. The van der Waals surface area contributed by atoms with E-state index in [0.29, 0.717) is 22.6 Å². The van der Waals surface area contributed by atoms with Crippen molar-refractivity contribution in [2.24, 2.45) is 0 Å². The van der Waals surface area contributed by atoms with Crippen molar-refractivity contribution in [1.82, 2.24) is 15.1 Å². The fourth-order valence-electron chi connectivity index (χ4n) is 3.95. The number of hydrogen-bond acceptors (Lipinski definition) is 3. The lowest BCUT2D eigenvalue weighted by atomic mass is 10.0. The molecule has 4 aromatic rings. The van der Waals surface area contributed by atoms with Crippen molar-refractivity contribution in [1.29, 1.82) is 0 Å². The predicted molar refractivity (Wildman–Crippen MR) is 138 cm³/mol. The number of urea groups is 1. The van der Waals surface area contributed by atoms with Gasteiger partial charge in [-0.05, 0) is 68.7 Å². The molecule has 1 aliphatic carbocycles. The number of hydrogen-bond donors (Lipinski definition) is 3. The number of carbonyl (C=O) groups is 2. The Balaban J connectivity index is 1.40. The van der Waals surface area contributed by atoms with Crippen LogP contribution in [0.15, 0.2) is 79.0 Å². The van der Waals surface area contributed by atoms with Crippen LogP contribution >= 0.6 is 0 Å². The Morgan fingerprint density at radius 2 is 1.57 bits per heavy atom. The molecule has 3 aromatic carbocycles. The highest BCUT2D eigenvalue weighted by Gasteiger charge is 2.23. The number of nitrogens with zero attached hydrogens (tertiary/aromatic N) is 2. The van der Waals surface area contributed by atoms with E-state index in [9.17, 15) is 9.59 Å². The van der Waals surface area contributed by atoms with Crippen molar-refractivity contribution < 1.29 is 9.59 Å². The zero-order valence-corrected chi connectivity index (χ0v) is 19.7. The van der Waals surface area contributed by atoms with Crippen LogP contribution in [0.2, 0.25) is 0 Å². The predicted octanol–water partition coefficient (Wildman–Crippen LogP) is 5.69. The number of benzene rings is 3. The second-order valence-electron chi connectivity index (χ2n) is 8.89. The van der Waals surface area contributed by atoms with Crippen molar-refractivity contribution in [2.45, 2.75) is 32.7 Å². The molecule has 176 valence electrons. The smallest absolute Gasteiger partial charge is 0.319 e. The highest BCUT2D eigenvalue weighted by Crippen LogP contribution is 2.28. The first-order valence-corrected chi connectivity index (χ1v) is 11.7. The van der Waals surface area contributed by atoms with E-state index in [1.54, 1.807) is 35.1 Å². The summed E-state index contributed by atoms with van der Waals surface area (Å²) in [5, 5.41) is 13.4. The van der Waals surface area contributed by atoms with Crippen LogP contribution in [-0.4, -0.2) is 27.8 Å². The normalized spacial score (nSPS) is 12.7. The number of rotatable bonds is 6. The molecule has 0 unspecified atom stereocenters. The second-order valence-corrected chi connectivity index (χ2v) is 8.89. The van der Waals surface area contributed by atoms with Crippen molar-refractivity contribution in [3.8, 4) is 16.9 Å². The van der Waals surface area contributed by atoms with Gasteiger partial charge in [-0.3, -0.25) is 4.79 Å². The topological polar surface area (TPSA) is 88.1 Å². The summed E-state index contributed by atoms with van der Waals surface area (Å²) in [5.74, 6) is -0.255. The minimum Gasteiger partial charge on any atom is -0.335 e. The number of aryl methyl sites for hydroxylation is 2. The van der Waals surface area contributed by atoms with Gasteiger partial charge in [-0.25, -0.2) is 9.48 Å². The standard InChI is InChI=1S/C28H27N5O2/c1-18-8-15-24(19(2)16-18)26-25(17-33(32-26)23-6-4-3-5-7-23)27(34)29-20-9-11-21(12-10-20)30-28(35)31-22-13-14-22/h3-12,15-17,22H,13-14H2,1-2H3,(H,29,34)(H2,30,31,35). The molecule has 0 spiro atoms. The maximum Gasteiger partial charge on any atom is 0.319 e. The summed E-state index contributed by atoms with van der Waals surface area (Å²) in [6, 6.07) is 23.0. The van der Waals surface area contributed by atoms with Gasteiger partial charge in [0.15, 0.2) is 0 Å². The summed E-state index contributed by atoms with van der Waals surface area (Å²) in [6.07, 6.45) is 3.82. The number of nitrogens with one attached hydrogen (secondary N) is 3. The molecule has 0 aliphatic heterocycles. The molecule has 7 heteroatoms. The van der Waals surface area contributed by atoms with Gasteiger partial charge in [-0.2, -0.15) is 5.10 Å². The Morgan fingerprint density at radius 3 is 2.23 bits per heavy atom. The van der Waals surface area contributed by atoms with Crippen molar-refractivity contribution in [2.75, 3.05) is 10.6 Å². The van der Waals surface area contributed by atoms with Gasteiger partial charge in [-0.15, -0.1) is 0 Å². The number of carbonyl (C=O) groups excluding carboxylic acids is 2. The van der Waals surface area contributed by atoms with E-state index in [2.05, 4.69) is 22.0 Å². The van der Waals surface area contributed by atoms with Crippen molar-refractivity contribution >= 4 is 23.3 Å². The van der Waals surface area contributed by atoms with Gasteiger partial charge in [0.1, 0.15) is 5.69 Å². The lowest BCUT2D eigenvalue weighted by Gasteiger charge is -2.09. The van der Waals surface area contributed by atoms with Crippen LogP contribution in [0.3, 0.4) is 0 Å². The van der Waals surface area contributed by atoms with Gasteiger partial charge in [-0.1, -0.05) is 42.0 Å². The SMILES string of the molecule is Cc1ccc(-c2nn(-c3ccccc3)cc2C(=O)Nc2ccc(NC(=O)NC3CC3)cc2)c(C)c1. The maximum atomic E-state index is 13.4. The van der Waals surface area contributed by atoms with Gasteiger partial charge in [0.2, 0.25) is 0 Å². The number of amides is 3. The first kappa shape index (κ1) is 22.4. The lowest BCUT2D eigenvalue weighted by Crippen LogP contribution is -2.30. The number of aromatic nitrogens is 2. The number of para-hydroxylation sites is 1. The lowest BCUT2D eigenvalue weighted by molar-refractivity contribution is 0.102. The van der Waals surface area contributed by atoms with Crippen LogP contribution in [0.5, 0.6) is 0 Å². The van der Waals surface area contributed by atoms with Crippen LogP contribution in [0, 0.1) is 13.8 Å². The third-order valence-corrected chi connectivity index (χ3v) is 5.93. The summed E-state index contributed by atoms with van der Waals surface area (Å²) < 4.78 is 1.73. The van der Waals surface area contributed by atoms with E-state index >= 15 is 0 Å². The van der Waals surface area contributed by atoms with Crippen LogP contribution in [0.25, 0.3) is 16.9 Å². The highest BCUT2D eigenvalue weighted by atomic mass is 16.2. The Morgan fingerprint density at radius 1 is 0.886 bits per heavy atom. The monoisotopic (exact) mass is 465 g/mol. The second kappa shape index (κ2) is 9.46. The first-order valence-electron chi connectivity index (χ1n) is 11.7. The molecule has 1 heterocycles. The van der Waals surface area contributed by atoms with Crippen LogP contribution in [0.4, 0.5) is 16.2 Å². The molecular formula is C28H27N5O2. The molecule has 3 amide bonds. The van der Waals surface area contributed by atoms with Crippen LogP contribution in [-0.2, 0) is 0 Å². The largest absolute Gasteiger partial charge is 0.335 e. The van der Waals surface area contributed by atoms with Crippen LogP contribution in [0.1, 0.15) is 34.3 Å². The van der Waals surface area contributed by atoms with Gasteiger partial charge >= 0.3 is 6.03 Å². The average molecular weight is 466 g/mol. The summed E-state index contributed by atoms with van der Waals surface area (Å²) in [4.78, 5) is 25.3. The van der Waals surface area contributed by atoms with E-state index in [1.807, 2.05) is 56.3 Å². The van der Waals surface area contributed by atoms with E-state index in [1.165, 1.54) is 0 Å². The number of anilines is 2. The van der Waals surface area contributed by atoms with Crippen molar-refractivity contribution in [3.05, 3.63) is 95.7 Å².